The average molecular weight is 342 g/mol. The number of ether oxygens (including phenoxy) is 1. The van der Waals surface area contributed by atoms with Crippen LogP contribution in [0.4, 0.5) is 0 Å². The minimum absolute atomic E-state index is 0.0258. The van der Waals surface area contributed by atoms with E-state index in [9.17, 15) is 0 Å². The van der Waals surface area contributed by atoms with Gasteiger partial charge in [0.25, 0.3) is 0 Å². The molecule has 130 valence electrons. The number of rotatable bonds is 3. The Kier molecular flexibility index (Phi) is 3.66. The van der Waals surface area contributed by atoms with Crippen LogP contribution < -0.4 is 4.74 Å². The number of hydrogen-bond donors (Lipinski definition) is 0. The van der Waals surface area contributed by atoms with E-state index >= 15 is 0 Å². The molecule has 0 aromatic heterocycles. The molecule has 5 rings (SSSR count). The average Bonchev–Trinajstić information content (AvgIpc) is 3.14. The van der Waals surface area contributed by atoms with E-state index in [0.717, 1.165) is 30.7 Å². The van der Waals surface area contributed by atoms with Gasteiger partial charge < -0.3 is 4.74 Å². The van der Waals surface area contributed by atoms with Gasteiger partial charge in [-0.05, 0) is 28.5 Å². The Morgan fingerprint density at radius 3 is 2.69 bits per heavy atom. The van der Waals surface area contributed by atoms with Gasteiger partial charge >= 0.3 is 0 Å². The standard InChI is InChI=1S/C23H22N2O/c1-2-7-23-25-21(19-10-5-6-11-22(19)26-23)15-20(24-25)18-13-12-16-8-3-4-9-17(16)14-18/h3-6,8-14,21,23H,2,7,15H2,1H3. The maximum Gasteiger partial charge on any atom is 0.187 e. The van der Waals surface area contributed by atoms with Crippen LogP contribution in [0.1, 0.15) is 43.4 Å². The third-order valence-electron chi connectivity index (χ3n) is 5.40. The predicted molar refractivity (Wildman–Crippen MR) is 105 cm³/mol. The zero-order valence-corrected chi connectivity index (χ0v) is 14.9. The monoisotopic (exact) mass is 342 g/mol. The number of fused-ring (bicyclic) bond motifs is 4. The molecule has 0 radical (unpaired) electrons. The lowest BCUT2D eigenvalue weighted by Crippen LogP contribution is -2.40. The van der Waals surface area contributed by atoms with Crippen LogP contribution in [-0.4, -0.2) is 16.9 Å². The molecule has 3 heteroatoms. The highest BCUT2D eigenvalue weighted by molar-refractivity contribution is 6.04. The number of para-hydroxylation sites is 1. The second kappa shape index (κ2) is 6.17. The normalized spacial score (nSPS) is 21.1. The molecule has 0 bridgehead atoms. The van der Waals surface area contributed by atoms with Crippen molar-refractivity contribution in [3.05, 3.63) is 77.9 Å². The van der Waals surface area contributed by atoms with E-state index in [2.05, 4.69) is 78.7 Å². The summed E-state index contributed by atoms with van der Waals surface area (Å²) < 4.78 is 6.26. The highest BCUT2D eigenvalue weighted by Crippen LogP contribution is 2.43. The third-order valence-corrected chi connectivity index (χ3v) is 5.40. The smallest absolute Gasteiger partial charge is 0.187 e. The van der Waals surface area contributed by atoms with Gasteiger partial charge in [0.15, 0.2) is 6.23 Å². The summed E-state index contributed by atoms with van der Waals surface area (Å²) in [6, 6.07) is 23.8. The fraction of sp³-hybridized carbons (Fsp3) is 0.261. The summed E-state index contributed by atoms with van der Waals surface area (Å²) >= 11 is 0. The minimum Gasteiger partial charge on any atom is -0.469 e. The molecular formula is C23H22N2O. The van der Waals surface area contributed by atoms with E-state index in [-0.39, 0.29) is 12.3 Å². The fourth-order valence-electron chi connectivity index (χ4n) is 4.09. The highest BCUT2D eigenvalue weighted by Gasteiger charge is 2.39. The second-order valence-electron chi connectivity index (χ2n) is 7.11. The van der Waals surface area contributed by atoms with Crippen molar-refractivity contribution in [2.75, 3.05) is 0 Å². The van der Waals surface area contributed by atoms with Crippen LogP contribution in [0.3, 0.4) is 0 Å². The maximum absolute atomic E-state index is 6.26. The summed E-state index contributed by atoms with van der Waals surface area (Å²) in [6.45, 7) is 2.20. The number of hydrazone groups is 1. The first-order valence-corrected chi connectivity index (χ1v) is 9.44. The van der Waals surface area contributed by atoms with Crippen molar-refractivity contribution in [3.8, 4) is 5.75 Å². The van der Waals surface area contributed by atoms with E-state index in [4.69, 9.17) is 9.84 Å². The fourth-order valence-corrected chi connectivity index (χ4v) is 4.09. The third kappa shape index (κ3) is 2.47. The van der Waals surface area contributed by atoms with Gasteiger partial charge in [0.2, 0.25) is 0 Å². The van der Waals surface area contributed by atoms with Gasteiger partial charge in [0.05, 0.1) is 11.8 Å². The van der Waals surface area contributed by atoms with Crippen molar-refractivity contribution in [2.24, 2.45) is 5.10 Å². The van der Waals surface area contributed by atoms with E-state index in [1.54, 1.807) is 0 Å². The lowest BCUT2D eigenvalue weighted by atomic mass is 9.95. The van der Waals surface area contributed by atoms with Gasteiger partial charge in [-0.1, -0.05) is 67.9 Å². The zero-order valence-electron chi connectivity index (χ0n) is 14.9. The molecule has 0 N–H and O–H groups in total. The van der Waals surface area contributed by atoms with Gasteiger partial charge in [-0.25, -0.2) is 0 Å². The molecule has 0 aliphatic carbocycles. The summed E-state index contributed by atoms with van der Waals surface area (Å²) in [6.07, 6.45) is 3.02. The molecule has 3 nitrogen and oxygen atoms in total. The molecule has 2 unspecified atom stereocenters. The Labute approximate surface area is 153 Å². The summed E-state index contributed by atoms with van der Waals surface area (Å²) in [5, 5.41) is 9.73. The SMILES string of the molecule is CCCC1Oc2ccccc2C2CC(c3ccc4ccccc4c3)=NN12. The molecule has 3 aromatic rings. The Morgan fingerprint density at radius 1 is 1.00 bits per heavy atom. The van der Waals surface area contributed by atoms with Crippen molar-refractivity contribution in [1.29, 1.82) is 0 Å². The van der Waals surface area contributed by atoms with Crippen LogP contribution in [-0.2, 0) is 0 Å². The second-order valence-corrected chi connectivity index (χ2v) is 7.11. The lowest BCUT2D eigenvalue weighted by Gasteiger charge is -2.38. The maximum atomic E-state index is 6.26. The van der Waals surface area contributed by atoms with Crippen molar-refractivity contribution in [2.45, 2.75) is 38.5 Å². The molecule has 3 aromatic carbocycles. The lowest BCUT2D eigenvalue weighted by molar-refractivity contribution is -0.0223. The van der Waals surface area contributed by atoms with Crippen LogP contribution in [0.15, 0.2) is 71.8 Å². The summed E-state index contributed by atoms with van der Waals surface area (Å²) in [5.41, 5.74) is 3.62. The largest absolute Gasteiger partial charge is 0.469 e. The van der Waals surface area contributed by atoms with Gasteiger partial charge in [-0.2, -0.15) is 5.10 Å². The topological polar surface area (TPSA) is 24.8 Å². The van der Waals surface area contributed by atoms with E-state index in [1.807, 2.05) is 0 Å². The Balaban J connectivity index is 1.55. The highest BCUT2D eigenvalue weighted by atomic mass is 16.5. The molecule has 26 heavy (non-hydrogen) atoms. The van der Waals surface area contributed by atoms with Crippen molar-refractivity contribution in [1.82, 2.24) is 5.01 Å². The van der Waals surface area contributed by atoms with Crippen molar-refractivity contribution in [3.63, 3.8) is 0 Å². The first-order chi connectivity index (χ1) is 12.8. The van der Waals surface area contributed by atoms with Crippen LogP contribution in [0.25, 0.3) is 10.8 Å². The van der Waals surface area contributed by atoms with Gasteiger partial charge in [0, 0.05) is 18.4 Å². The predicted octanol–water partition coefficient (Wildman–Crippen LogP) is 5.51. The molecule has 0 fully saturated rings. The molecule has 2 aliphatic heterocycles. The summed E-state index contributed by atoms with van der Waals surface area (Å²) in [4.78, 5) is 0. The first kappa shape index (κ1) is 15.4. The molecule has 0 saturated carbocycles. The molecule has 2 heterocycles. The van der Waals surface area contributed by atoms with Crippen LogP contribution >= 0.6 is 0 Å². The number of hydrogen-bond acceptors (Lipinski definition) is 3. The van der Waals surface area contributed by atoms with Gasteiger partial charge in [-0.15, -0.1) is 0 Å². The van der Waals surface area contributed by atoms with E-state index in [0.29, 0.717) is 0 Å². The summed E-state index contributed by atoms with van der Waals surface area (Å²) in [7, 11) is 0. The van der Waals surface area contributed by atoms with E-state index in [1.165, 1.54) is 21.9 Å². The molecular weight excluding hydrogens is 320 g/mol. The van der Waals surface area contributed by atoms with Crippen molar-refractivity contribution >= 4 is 16.5 Å². The van der Waals surface area contributed by atoms with Crippen LogP contribution in [0.5, 0.6) is 5.75 Å². The van der Waals surface area contributed by atoms with Gasteiger partial charge in [0.1, 0.15) is 5.75 Å². The number of benzene rings is 3. The Bertz CT molecular complexity index is 994. The summed E-state index contributed by atoms with van der Waals surface area (Å²) in [5.74, 6) is 1.02. The van der Waals surface area contributed by atoms with Crippen LogP contribution in [0, 0.1) is 0 Å². The van der Waals surface area contributed by atoms with Crippen LogP contribution in [0.2, 0.25) is 0 Å². The Hall–Kier alpha value is -2.81. The van der Waals surface area contributed by atoms with Crippen molar-refractivity contribution < 1.29 is 4.74 Å². The molecule has 0 spiro atoms. The molecule has 0 amide bonds. The molecule has 2 aliphatic rings. The van der Waals surface area contributed by atoms with E-state index < -0.39 is 0 Å². The van der Waals surface area contributed by atoms with Gasteiger partial charge in [-0.3, -0.25) is 5.01 Å². The Morgan fingerprint density at radius 2 is 1.81 bits per heavy atom. The molecule has 0 saturated heterocycles. The molecule has 2 atom stereocenters. The minimum atomic E-state index is 0.0258. The zero-order chi connectivity index (χ0) is 17.5. The first-order valence-electron chi connectivity index (χ1n) is 9.44. The quantitative estimate of drug-likeness (QED) is 0.627. The number of nitrogens with zero attached hydrogens (tertiary/aromatic N) is 2.